The molecule has 0 spiro atoms. The number of aromatic nitrogens is 2. The molecule has 4 nitrogen and oxygen atoms in total. The molecule has 0 radical (unpaired) electrons. The minimum Gasteiger partial charge on any atom is -0.352 e. The van der Waals surface area contributed by atoms with Gasteiger partial charge in [0.15, 0.2) is 5.16 Å². The number of rotatable bonds is 7. The van der Waals surface area contributed by atoms with Crippen LogP contribution in [0.4, 0.5) is 0 Å². The third kappa shape index (κ3) is 4.24. The van der Waals surface area contributed by atoms with Crippen LogP contribution in [-0.2, 0) is 4.79 Å². The van der Waals surface area contributed by atoms with Crippen LogP contribution >= 0.6 is 11.8 Å². The van der Waals surface area contributed by atoms with E-state index in [1.807, 2.05) is 10.8 Å². The first-order chi connectivity index (χ1) is 10.6. The Bertz CT molecular complexity index is 632. The zero-order valence-electron chi connectivity index (χ0n) is 13.0. The Hall–Kier alpha value is -2.01. The van der Waals surface area contributed by atoms with E-state index < -0.39 is 0 Å². The number of carbonyl (C=O) groups is 1. The molecule has 1 N–H and O–H groups in total. The summed E-state index contributed by atoms with van der Waals surface area (Å²) in [5, 5.41) is 3.57. The Kier molecular flexibility index (Phi) is 5.83. The molecule has 0 unspecified atom stereocenters. The number of carbonyl (C=O) groups excluding carboxylic acids is 1. The van der Waals surface area contributed by atoms with Crippen molar-refractivity contribution >= 4 is 17.7 Å². The van der Waals surface area contributed by atoms with E-state index in [0.717, 1.165) is 10.8 Å². The lowest BCUT2D eigenvalue weighted by atomic mass is 10.0. The maximum absolute atomic E-state index is 11.6. The van der Waals surface area contributed by atoms with Gasteiger partial charge in [0.1, 0.15) is 0 Å². The lowest BCUT2D eigenvalue weighted by Crippen LogP contribution is -2.25. The van der Waals surface area contributed by atoms with Gasteiger partial charge >= 0.3 is 0 Å². The van der Waals surface area contributed by atoms with Gasteiger partial charge in [-0.3, -0.25) is 9.36 Å². The van der Waals surface area contributed by atoms with E-state index in [1.54, 1.807) is 12.3 Å². The fraction of sp³-hybridized carbons (Fsp3) is 0.294. The molecule has 0 aliphatic heterocycles. The summed E-state index contributed by atoms with van der Waals surface area (Å²) in [6.45, 7) is 8.42. The Morgan fingerprint density at radius 3 is 2.77 bits per heavy atom. The molecule has 2 aromatic rings. The molecule has 0 bridgehead atoms. The molecule has 22 heavy (non-hydrogen) atoms. The first-order valence-corrected chi connectivity index (χ1v) is 8.24. The standard InChI is InChI=1S/C17H21N3OS/c1-4-9-18-16(21)12-22-17-19-10-11-20(17)15-7-5-14(6-8-15)13(2)3/h4-8,10-11,13H,1,9,12H2,2-3H3,(H,18,21). The highest BCUT2D eigenvalue weighted by Gasteiger charge is 2.09. The number of benzene rings is 1. The maximum Gasteiger partial charge on any atom is 0.230 e. The quantitative estimate of drug-likeness (QED) is 0.629. The summed E-state index contributed by atoms with van der Waals surface area (Å²) in [5.41, 5.74) is 2.36. The summed E-state index contributed by atoms with van der Waals surface area (Å²) in [7, 11) is 0. The van der Waals surface area contributed by atoms with Crippen molar-refractivity contribution in [1.82, 2.24) is 14.9 Å². The molecule has 0 atom stereocenters. The topological polar surface area (TPSA) is 46.9 Å². The van der Waals surface area contributed by atoms with Gasteiger partial charge in [-0.2, -0.15) is 0 Å². The van der Waals surface area contributed by atoms with Gasteiger partial charge < -0.3 is 5.32 Å². The molecule has 1 heterocycles. The average molecular weight is 315 g/mol. The molecule has 1 amide bonds. The second kappa shape index (κ2) is 7.84. The van der Waals surface area contributed by atoms with Crippen molar-refractivity contribution in [2.75, 3.05) is 12.3 Å². The minimum atomic E-state index is -0.0189. The lowest BCUT2D eigenvalue weighted by Gasteiger charge is -2.10. The summed E-state index contributed by atoms with van der Waals surface area (Å²) < 4.78 is 2.00. The molecule has 0 fully saturated rings. The average Bonchev–Trinajstić information content (AvgIpc) is 2.99. The highest BCUT2D eigenvalue weighted by molar-refractivity contribution is 7.99. The van der Waals surface area contributed by atoms with Crippen molar-refractivity contribution in [2.24, 2.45) is 0 Å². The van der Waals surface area contributed by atoms with E-state index in [4.69, 9.17) is 0 Å². The van der Waals surface area contributed by atoms with Gasteiger partial charge in [-0.1, -0.05) is 43.8 Å². The number of thioether (sulfide) groups is 1. The highest BCUT2D eigenvalue weighted by atomic mass is 32.2. The van der Waals surface area contributed by atoms with Crippen LogP contribution in [0.1, 0.15) is 25.3 Å². The van der Waals surface area contributed by atoms with E-state index >= 15 is 0 Å². The van der Waals surface area contributed by atoms with Gasteiger partial charge in [-0.15, -0.1) is 6.58 Å². The van der Waals surface area contributed by atoms with Crippen molar-refractivity contribution in [2.45, 2.75) is 24.9 Å². The largest absolute Gasteiger partial charge is 0.352 e. The lowest BCUT2D eigenvalue weighted by molar-refractivity contribution is -0.118. The third-order valence-electron chi connectivity index (χ3n) is 3.22. The predicted molar refractivity (Wildman–Crippen MR) is 91.6 cm³/mol. The van der Waals surface area contributed by atoms with Crippen LogP contribution in [0.25, 0.3) is 5.69 Å². The molecule has 116 valence electrons. The van der Waals surface area contributed by atoms with Crippen LogP contribution in [0.5, 0.6) is 0 Å². The van der Waals surface area contributed by atoms with Gasteiger partial charge in [0, 0.05) is 24.6 Å². The number of nitrogens with zero attached hydrogens (tertiary/aromatic N) is 2. The molecule has 2 rings (SSSR count). The molecule has 5 heteroatoms. The molecule has 0 saturated carbocycles. The fourth-order valence-corrected chi connectivity index (χ4v) is 2.78. The monoisotopic (exact) mass is 315 g/mol. The molecular weight excluding hydrogens is 294 g/mol. The van der Waals surface area contributed by atoms with Crippen LogP contribution in [0.15, 0.2) is 54.5 Å². The second-order valence-electron chi connectivity index (χ2n) is 5.21. The Balaban J connectivity index is 2.05. The molecule has 0 aliphatic rings. The van der Waals surface area contributed by atoms with Crippen molar-refractivity contribution in [3.05, 3.63) is 54.9 Å². The summed E-state index contributed by atoms with van der Waals surface area (Å²) in [6, 6.07) is 8.42. The number of hydrogen-bond donors (Lipinski definition) is 1. The predicted octanol–water partition coefficient (Wildman–Crippen LogP) is 3.39. The first-order valence-electron chi connectivity index (χ1n) is 7.26. The van der Waals surface area contributed by atoms with E-state index in [1.165, 1.54) is 17.3 Å². The van der Waals surface area contributed by atoms with E-state index in [9.17, 15) is 4.79 Å². The molecular formula is C17H21N3OS. The molecule has 0 saturated heterocycles. The van der Waals surface area contributed by atoms with E-state index in [2.05, 4.69) is 55.0 Å². The Morgan fingerprint density at radius 1 is 1.41 bits per heavy atom. The normalized spacial score (nSPS) is 10.7. The van der Waals surface area contributed by atoms with Crippen molar-refractivity contribution in [1.29, 1.82) is 0 Å². The van der Waals surface area contributed by atoms with Gasteiger partial charge in [-0.05, 0) is 23.6 Å². The minimum absolute atomic E-state index is 0.0189. The number of amides is 1. The second-order valence-corrected chi connectivity index (χ2v) is 6.15. The number of nitrogens with one attached hydrogen (secondary N) is 1. The Labute approximate surface area is 135 Å². The highest BCUT2D eigenvalue weighted by Crippen LogP contribution is 2.22. The van der Waals surface area contributed by atoms with E-state index in [0.29, 0.717) is 18.2 Å². The van der Waals surface area contributed by atoms with Crippen LogP contribution in [0.3, 0.4) is 0 Å². The summed E-state index contributed by atoms with van der Waals surface area (Å²) in [4.78, 5) is 16.0. The van der Waals surface area contributed by atoms with Gasteiger partial charge in [0.25, 0.3) is 0 Å². The zero-order chi connectivity index (χ0) is 15.9. The van der Waals surface area contributed by atoms with Gasteiger partial charge in [-0.25, -0.2) is 4.98 Å². The van der Waals surface area contributed by atoms with Crippen LogP contribution in [0.2, 0.25) is 0 Å². The fourth-order valence-electron chi connectivity index (χ4n) is 1.98. The molecule has 1 aromatic carbocycles. The third-order valence-corrected chi connectivity index (χ3v) is 4.19. The van der Waals surface area contributed by atoms with Crippen molar-refractivity contribution in [3.63, 3.8) is 0 Å². The van der Waals surface area contributed by atoms with E-state index in [-0.39, 0.29) is 5.91 Å². The Morgan fingerprint density at radius 2 is 2.14 bits per heavy atom. The summed E-state index contributed by atoms with van der Waals surface area (Å²) in [5.74, 6) is 0.836. The summed E-state index contributed by atoms with van der Waals surface area (Å²) >= 11 is 1.42. The molecule has 0 aliphatic carbocycles. The number of hydrogen-bond acceptors (Lipinski definition) is 3. The van der Waals surface area contributed by atoms with Gasteiger partial charge in [0.05, 0.1) is 5.75 Å². The zero-order valence-corrected chi connectivity index (χ0v) is 13.8. The van der Waals surface area contributed by atoms with Crippen molar-refractivity contribution < 1.29 is 4.79 Å². The van der Waals surface area contributed by atoms with Crippen LogP contribution in [0, 0.1) is 0 Å². The van der Waals surface area contributed by atoms with Crippen LogP contribution < -0.4 is 5.32 Å². The first kappa shape index (κ1) is 16.4. The van der Waals surface area contributed by atoms with Crippen molar-refractivity contribution in [3.8, 4) is 5.69 Å². The molecule has 1 aromatic heterocycles. The van der Waals surface area contributed by atoms with Gasteiger partial charge in [0.2, 0.25) is 5.91 Å². The SMILES string of the molecule is C=CCNC(=O)CSc1nccn1-c1ccc(C(C)C)cc1. The number of imidazole rings is 1. The smallest absolute Gasteiger partial charge is 0.230 e. The summed E-state index contributed by atoms with van der Waals surface area (Å²) in [6.07, 6.45) is 5.33. The van der Waals surface area contributed by atoms with Crippen LogP contribution in [-0.4, -0.2) is 27.8 Å². The maximum atomic E-state index is 11.6.